The van der Waals surface area contributed by atoms with E-state index in [1.54, 1.807) is 36.5 Å². The molecule has 1 N–H and O–H groups in total. The maximum atomic E-state index is 12.3. The lowest BCUT2D eigenvalue weighted by Gasteiger charge is -2.11. The third kappa shape index (κ3) is 3.58. The van der Waals surface area contributed by atoms with Crippen molar-refractivity contribution in [2.75, 3.05) is 24.3 Å². The molecular formula is C18H16ClN3O2. The molecule has 24 heavy (non-hydrogen) atoms. The third-order valence-corrected chi connectivity index (χ3v) is 3.72. The first kappa shape index (κ1) is 16.1. The molecular weight excluding hydrogens is 326 g/mol. The predicted molar refractivity (Wildman–Crippen MR) is 95.7 cm³/mol. The van der Waals surface area contributed by atoms with Gasteiger partial charge in [0, 0.05) is 24.7 Å². The van der Waals surface area contributed by atoms with Crippen LogP contribution in [0.4, 0.5) is 11.5 Å². The van der Waals surface area contributed by atoms with Gasteiger partial charge in [-0.25, -0.2) is 4.98 Å². The maximum absolute atomic E-state index is 12.3. The lowest BCUT2D eigenvalue weighted by molar-refractivity contribution is 0.0997. The van der Waals surface area contributed by atoms with E-state index < -0.39 is 0 Å². The summed E-state index contributed by atoms with van der Waals surface area (Å²) in [5, 5.41) is 3.36. The molecule has 0 aliphatic carbocycles. The maximum Gasteiger partial charge on any atom is 0.292 e. The monoisotopic (exact) mass is 341 g/mol. The van der Waals surface area contributed by atoms with E-state index in [-0.39, 0.29) is 11.7 Å². The fourth-order valence-electron chi connectivity index (χ4n) is 2.13. The first-order chi connectivity index (χ1) is 11.5. The summed E-state index contributed by atoms with van der Waals surface area (Å²) in [5.41, 5.74) is 1.81. The van der Waals surface area contributed by atoms with E-state index in [2.05, 4.69) is 10.3 Å². The Kier molecular flexibility index (Phi) is 4.53. The number of anilines is 2. The van der Waals surface area contributed by atoms with Crippen LogP contribution in [0.25, 0.3) is 11.3 Å². The van der Waals surface area contributed by atoms with Crippen LogP contribution in [0.5, 0.6) is 0 Å². The van der Waals surface area contributed by atoms with E-state index in [4.69, 9.17) is 16.0 Å². The van der Waals surface area contributed by atoms with E-state index >= 15 is 0 Å². The third-order valence-electron chi connectivity index (χ3n) is 3.46. The van der Waals surface area contributed by atoms with Crippen molar-refractivity contribution < 1.29 is 9.21 Å². The molecule has 0 aliphatic heterocycles. The first-order valence-corrected chi connectivity index (χ1v) is 7.71. The highest BCUT2D eigenvalue weighted by Gasteiger charge is 2.13. The number of nitrogens with zero attached hydrogens (tertiary/aromatic N) is 2. The number of amides is 1. The summed E-state index contributed by atoms with van der Waals surface area (Å²) in [6, 6.07) is 14.2. The molecule has 0 aliphatic rings. The summed E-state index contributed by atoms with van der Waals surface area (Å²) in [5.74, 6) is 0.946. The minimum atomic E-state index is -0.347. The minimum absolute atomic E-state index is 0.221. The molecule has 0 saturated carbocycles. The van der Waals surface area contributed by atoms with Gasteiger partial charge >= 0.3 is 0 Å². The molecule has 1 amide bonds. The zero-order valence-electron chi connectivity index (χ0n) is 13.3. The summed E-state index contributed by atoms with van der Waals surface area (Å²) < 4.78 is 5.61. The average molecular weight is 342 g/mol. The van der Waals surface area contributed by atoms with Gasteiger partial charge < -0.3 is 14.6 Å². The van der Waals surface area contributed by atoms with Crippen molar-refractivity contribution in [1.29, 1.82) is 0 Å². The van der Waals surface area contributed by atoms with Gasteiger partial charge in [0.2, 0.25) is 0 Å². The Balaban J connectivity index is 1.72. The van der Waals surface area contributed by atoms with Crippen LogP contribution >= 0.6 is 11.6 Å². The number of pyridine rings is 1. The second-order valence-electron chi connectivity index (χ2n) is 5.42. The molecule has 6 heteroatoms. The van der Waals surface area contributed by atoms with E-state index in [1.807, 2.05) is 37.2 Å². The summed E-state index contributed by atoms with van der Waals surface area (Å²) in [7, 11) is 3.85. The van der Waals surface area contributed by atoms with Crippen molar-refractivity contribution in [3.8, 4) is 11.3 Å². The Bertz CT molecular complexity index is 839. The number of carbonyl (C=O) groups is 1. The average Bonchev–Trinajstić information content (AvgIpc) is 3.06. The van der Waals surface area contributed by atoms with Gasteiger partial charge in [-0.05, 0) is 48.5 Å². The molecule has 0 saturated heterocycles. The van der Waals surface area contributed by atoms with Crippen LogP contribution in [-0.2, 0) is 0 Å². The Labute approximate surface area is 144 Å². The Morgan fingerprint density at radius 2 is 1.83 bits per heavy atom. The Morgan fingerprint density at radius 3 is 2.46 bits per heavy atom. The number of furan rings is 1. The summed E-state index contributed by atoms with van der Waals surface area (Å²) >= 11 is 5.87. The smallest absolute Gasteiger partial charge is 0.292 e. The molecule has 2 aromatic heterocycles. The number of nitrogens with one attached hydrogen (secondary N) is 1. The van der Waals surface area contributed by atoms with E-state index in [0.717, 1.165) is 11.3 Å². The van der Waals surface area contributed by atoms with Gasteiger partial charge in [-0.2, -0.15) is 0 Å². The molecule has 0 atom stereocenters. The second-order valence-corrected chi connectivity index (χ2v) is 5.86. The predicted octanol–water partition coefficient (Wildman–Crippen LogP) is 4.31. The van der Waals surface area contributed by atoms with Crippen LogP contribution in [0.1, 0.15) is 10.6 Å². The fourth-order valence-corrected chi connectivity index (χ4v) is 2.26. The molecule has 0 bridgehead atoms. The molecule has 122 valence electrons. The van der Waals surface area contributed by atoms with Crippen LogP contribution in [0, 0.1) is 0 Å². The van der Waals surface area contributed by atoms with Crippen molar-refractivity contribution in [2.24, 2.45) is 0 Å². The standard InChI is InChI=1S/C18H16ClN3O2/c1-22(2)14-7-10-17(20-11-14)21-18(23)16-9-8-15(24-16)12-3-5-13(19)6-4-12/h3-11H,1-2H3,(H,20,21,23). The molecule has 5 nitrogen and oxygen atoms in total. The van der Waals surface area contributed by atoms with Crippen LogP contribution < -0.4 is 10.2 Å². The van der Waals surface area contributed by atoms with E-state index in [1.165, 1.54) is 0 Å². The number of hydrogen-bond acceptors (Lipinski definition) is 4. The Hall–Kier alpha value is -2.79. The van der Waals surface area contributed by atoms with Crippen molar-refractivity contribution in [3.05, 3.63) is 65.5 Å². The minimum Gasteiger partial charge on any atom is -0.451 e. The van der Waals surface area contributed by atoms with Gasteiger partial charge in [0.1, 0.15) is 11.6 Å². The molecule has 0 spiro atoms. The number of hydrogen-bond donors (Lipinski definition) is 1. The number of benzene rings is 1. The quantitative estimate of drug-likeness (QED) is 0.768. The Morgan fingerprint density at radius 1 is 1.08 bits per heavy atom. The van der Waals surface area contributed by atoms with Crippen molar-refractivity contribution in [2.45, 2.75) is 0 Å². The van der Waals surface area contributed by atoms with Gasteiger partial charge in [0.05, 0.1) is 11.9 Å². The van der Waals surface area contributed by atoms with Crippen molar-refractivity contribution in [3.63, 3.8) is 0 Å². The molecule has 0 radical (unpaired) electrons. The summed E-state index contributed by atoms with van der Waals surface area (Å²) in [6.45, 7) is 0. The van der Waals surface area contributed by atoms with Crippen LogP contribution in [-0.4, -0.2) is 25.0 Å². The highest BCUT2D eigenvalue weighted by molar-refractivity contribution is 6.30. The lowest BCUT2D eigenvalue weighted by atomic mass is 10.2. The highest BCUT2D eigenvalue weighted by atomic mass is 35.5. The zero-order chi connectivity index (χ0) is 17.1. The number of halogens is 1. The SMILES string of the molecule is CN(C)c1ccc(NC(=O)c2ccc(-c3ccc(Cl)cc3)o2)nc1. The first-order valence-electron chi connectivity index (χ1n) is 7.33. The molecule has 2 heterocycles. The van der Waals surface area contributed by atoms with Crippen molar-refractivity contribution in [1.82, 2.24) is 4.98 Å². The zero-order valence-corrected chi connectivity index (χ0v) is 14.0. The van der Waals surface area contributed by atoms with Gasteiger partial charge in [0.25, 0.3) is 5.91 Å². The number of aromatic nitrogens is 1. The highest BCUT2D eigenvalue weighted by Crippen LogP contribution is 2.24. The lowest BCUT2D eigenvalue weighted by Crippen LogP contribution is -2.13. The second kappa shape index (κ2) is 6.76. The molecule has 3 rings (SSSR count). The van der Waals surface area contributed by atoms with Gasteiger partial charge in [-0.3, -0.25) is 4.79 Å². The summed E-state index contributed by atoms with van der Waals surface area (Å²) in [4.78, 5) is 18.4. The molecule has 3 aromatic rings. The van der Waals surface area contributed by atoms with Crippen LogP contribution in [0.2, 0.25) is 5.02 Å². The largest absolute Gasteiger partial charge is 0.451 e. The van der Waals surface area contributed by atoms with E-state index in [9.17, 15) is 4.79 Å². The normalized spacial score (nSPS) is 10.5. The van der Waals surface area contributed by atoms with E-state index in [0.29, 0.717) is 16.6 Å². The molecule has 0 unspecified atom stereocenters. The topological polar surface area (TPSA) is 58.4 Å². The van der Waals surface area contributed by atoms with Gasteiger partial charge in [0.15, 0.2) is 5.76 Å². The van der Waals surface area contributed by atoms with Gasteiger partial charge in [-0.15, -0.1) is 0 Å². The number of carbonyl (C=O) groups excluding carboxylic acids is 1. The van der Waals surface area contributed by atoms with Crippen molar-refractivity contribution >= 4 is 29.0 Å². The fraction of sp³-hybridized carbons (Fsp3) is 0.111. The summed E-state index contributed by atoms with van der Waals surface area (Å²) in [6.07, 6.45) is 1.69. The number of rotatable bonds is 4. The van der Waals surface area contributed by atoms with Crippen LogP contribution in [0.15, 0.2) is 59.1 Å². The molecule has 1 aromatic carbocycles. The van der Waals surface area contributed by atoms with Gasteiger partial charge in [-0.1, -0.05) is 11.6 Å². The molecule has 0 fully saturated rings. The van der Waals surface area contributed by atoms with Crippen LogP contribution in [0.3, 0.4) is 0 Å².